The van der Waals surface area contributed by atoms with Gasteiger partial charge in [0.05, 0.1) is 17.1 Å². The van der Waals surface area contributed by atoms with Gasteiger partial charge in [-0.2, -0.15) is 0 Å². The monoisotopic (exact) mass is 727 g/mol. The zero-order valence-electron chi connectivity index (χ0n) is 31.2. The van der Waals surface area contributed by atoms with Gasteiger partial charge in [-0.1, -0.05) is 188 Å². The highest BCUT2D eigenvalue weighted by atomic mass is 15.1. The molecule has 10 aromatic rings. The van der Waals surface area contributed by atoms with Gasteiger partial charge in [0.25, 0.3) is 0 Å². The summed E-state index contributed by atoms with van der Waals surface area (Å²) in [5, 5.41) is 4.77. The standard InChI is InChI=1S/C54H37N3/c1-3-13-38(14-4-1)40-29-33-46(34-30-40)57(53-24-12-20-43-16-8-10-22-49(43)53)47-35-31-41(32-36-47)39-25-27-45(28-26-39)54-55-51(44-17-5-2-6-18-44)37-52(56-54)50-23-11-19-42-15-7-9-21-48(42)50/h1-37H. The number of hydrogen-bond donors (Lipinski definition) is 0. The van der Waals surface area contributed by atoms with Crippen molar-refractivity contribution in [3.05, 3.63) is 224 Å². The Morgan fingerprint density at radius 3 is 1.37 bits per heavy atom. The maximum Gasteiger partial charge on any atom is 0.160 e. The van der Waals surface area contributed by atoms with Crippen LogP contribution in [0.5, 0.6) is 0 Å². The fourth-order valence-corrected chi connectivity index (χ4v) is 7.80. The molecule has 0 atom stereocenters. The maximum atomic E-state index is 5.17. The molecule has 268 valence electrons. The van der Waals surface area contributed by atoms with E-state index in [1.165, 1.54) is 32.7 Å². The predicted octanol–water partition coefficient (Wildman–Crippen LogP) is 14.6. The number of hydrogen-bond acceptors (Lipinski definition) is 3. The summed E-state index contributed by atoms with van der Waals surface area (Å²) in [6.45, 7) is 0. The Morgan fingerprint density at radius 1 is 0.298 bits per heavy atom. The first-order chi connectivity index (χ1) is 28.2. The van der Waals surface area contributed by atoms with Gasteiger partial charge in [0, 0.05) is 33.5 Å². The molecule has 10 rings (SSSR count). The van der Waals surface area contributed by atoms with Crippen molar-refractivity contribution in [1.82, 2.24) is 9.97 Å². The van der Waals surface area contributed by atoms with E-state index in [1.54, 1.807) is 0 Å². The van der Waals surface area contributed by atoms with Gasteiger partial charge >= 0.3 is 0 Å². The smallest absolute Gasteiger partial charge is 0.160 e. The van der Waals surface area contributed by atoms with Crippen LogP contribution in [0.1, 0.15) is 0 Å². The van der Waals surface area contributed by atoms with Crippen molar-refractivity contribution < 1.29 is 0 Å². The Labute approximate surface area is 332 Å². The molecule has 0 amide bonds. The van der Waals surface area contributed by atoms with E-state index in [2.05, 4.69) is 223 Å². The maximum absolute atomic E-state index is 5.17. The van der Waals surface area contributed by atoms with Crippen LogP contribution >= 0.6 is 0 Å². The molecule has 0 saturated carbocycles. The Hall–Kier alpha value is -7.62. The van der Waals surface area contributed by atoms with Gasteiger partial charge in [-0.05, 0) is 74.8 Å². The average molecular weight is 728 g/mol. The molecule has 3 heteroatoms. The van der Waals surface area contributed by atoms with E-state index in [0.29, 0.717) is 5.82 Å². The normalized spacial score (nSPS) is 11.2. The molecule has 57 heavy (non-hydrogen) atoms. The second-order valence-corrected chi connectivity index (χ2v) is 14.2. The largest absolute Gasteiger partial charge is 0.310 e. The third-order valence-electron chi connectivity index (χ3n) is 10.7. The molecule has 0 fully saturated rings. The minimum absolute atomic E-state index is 0.699. The van der Waals surface area contributed by atoms with Gasteiger partial charge in [0.2, 0.25) is 0 Å². The molecule has 3 nitrogen and oxygen atoms in total. The minimum Gasteiger partial charge on any atom is -0.310 e. The van der Waals surface area contributed by atoms with Crippen LogP contribution in [0, 0.1) is 0 Å². The van der Waals surface area contributed by atoms with Crippen LogP contribution in [0.3, 0.4) is 0 Å². The Bertz CT molecular complexity index is 2960. The molecule has 1 aromatic heterocycles. The molecule has 0 aliphatic heterocycles. The summed E-state index contributed by atoms with van der Waals surface area (Å²) < 4.78 is 0. The highest BCUT2D eigenvalue weighted by Gasteiger charge is 2.17. The Morgan fingerprint density at radius 2 is 0.737 bits per heavy atom. The van der Waals surface area contributed by atoms with Crippen LogP contribution in [-0.4, -0.2) is 9.97 Å². The quantitative estimate of drug-likeness (QED) is 0.156. The highest BCUT2D eigenvalue weighted by molar-refractivity contribution is 5.99. The SMILES string of the molecule is c1ccc(-c2ccc(N(c3ccc(-c4ccc(-c5nc(-c6ccccc6)cc(-c6cccc7ccccc67)n5)cc4)cc3)c3cccc4ccccc34)cc2)cc1. The summed E-state index contributed by atoms with van der Waals surface area (Å²) in [7, 11) is 0. The van der Waals surface area contributed by atoms with Gasteiger partial charge < -0.3 is 4.90 Å². The molecular weight excluding hydrogens is 691 g/mol. The first-order valence-electron chi connectivity index (χ1n) is 19.3. The van der Waals surface area contributed by atoms with Gasteiger partial charge in [-0.25, -0.2) is 9.97 Å². The summed E-state index contributed by atoms with van der Waals surface area (Å²) in [6.07, 6.45) is 0. The van der Waals surface area contributed by atoms with Gasteiger partial charge in [-0.3, -0.25) is 0 Å². The van der Waals surface area contributed by atoms with Crippen molar-refractivity contribution in [2.75, 3.05) is 4.90 Å². The molecule has 0 bridgehead atoms. The summed E-state index contributed by atoms with van der Waals surface area (Å²) in [6, 6.07) is 79.3. The predicted molar refractivity (Wildman–Crippen MR) is 239 cm³/mol. The molecule has 0 aliphatic rings. The van der Waals surface area contributed by atoms with Crippen molar-refractivity contribution in [1.29, 1.82) is 0 Å². The van der Waals surface area contributed by atoms with Crippen molar-refractivity contribution in [2.45, 2.75) is 0 Å². The van der Waals surface area contributed by atoms with Gasteiger partial charge in [-0.15, -0.1) is 0 Å². The molecule has 0 N–H and O–H groups in total. The number of benzene rings is 9. The van der Waals surface area contributed by atoms with Crippen LogP contribution in [0.2, 0.25) is 0 Å². The van der Waals surface area contributed by atoms with E-state index in [1.807, 2.05) is 6.07 Å². The number of fused-ring (bicyclic) bond motifs is 2. The minimum atomic E-state index is 0.699. The molecule has 1 heterocycles. The molecule has 0 radical (unpaired) electrons. The lowest BCUT2D eigenvalue weighted by molar-refractivity contribution is 1.18. The summed E-state index contributed by atoms with van der Waals surface area (Å²) in [5.41, 5.74) is 12.9. The molecule has 0 aliphatic carbocycles. The lowest BCUT2D eigenvalue weighted by atomic mass is 10.00. The zero-order chi connectivity index (χ0) is 38.0. The van der Waals surface area contributed by atoms with Crippen molar-refractivity contribution >= 4 is 38.6 Å². The second kappa shape index (κ2) is 14.9. The lowest BCUT2D eigenvalue weighted by Crippen LogP contribution is -2.10. The van der Waals surface area contributed by atoms with Crippen LogP contribution in [0.25, 0.3) is 77.7 Å². The number of nitrogens with zero attached hydrogens (tertiary/aromatic N) is 3. The van der Waals surface area contributed by atoms with E-state index in [9.17, 15) is 0 Å². The summed E-state index contributed by atoms with van der Waals surface area (Å²) >= 11 is 0. The topological polar surface area (TPSA) is 29.0 Å². The first kappa shape index (κ1) is 33.9. The fourth-order valence-electron chi connectivity index (χ4n) is 7.80. The van der Waals surface area contributed by atoms with Crippen molar-refractivity contribution in [3.63, 3.8) is 0 Å². The second-order valence-electron chi connectivity index (χ2n) is 14.2. The third kappa shape index (κ3) is 6.73. The number of anilines is 3. The molecule has 0 spiro atoms. The van der Waals surface area contributed by atoms with Crippen LogP contribution in [0.15, 0.2) is 224 Å². The first-order valence-corrected chi connectivity index (χ1v) is 19.3. The highest BCUT2D eigenvalue weighted by Crippen LogP contribution is 2.40. The van der Waals surface area contributed by atoms with E-state index in [-0.39, 0.29) is 0 Å². The van der Waals surface area contributed by atoms with Crippen molar-refractivity contribution in [2.24, 2.45) is 0 Å². The van der Waals surface area contributed by atoms with E-state index < -0.39 is 0 Å². The Kier molecular flexibility index (Phi) is 8.86. The zero-order valence-corrected chi connectivity index (χ0v) is 31.2. The van der Waals surface area contributed by atoms with Crippen LogP contribution in [0.4, 0.5) is 17.1 Å². The third-order valence-corrected chi connectivity index (χ3v) is 10.7. The van der Waals surface area contributed by atoms with Crippen LogP contribution in [-0.2, 0) is 0 Å². The number of aromatic nitrogens is 2. The van der Waals surface area contributed by atoms with E-state index in [4.69, 9.17) is 9.97 Å². The van der Waals surface area contributed by atoms with E-state index in [0.717, 1.165) is 56.3 Å². The van der Waals surface area contributed by atoms with Crippen LogP contribution < -0.4 is 4.90 Å². The molecule has 9 aromatic carbocycles. The Balaban J connectivity index is 1.00. The summed E-state index contributed by atoms with van der Waals surface area (Å²) in [5.74, 6) is 0.699. The lowest BCUT2D eigenvalue weighted by Gasteiger charge is -2.27. The average Bonchev–Trinajstić information content (AvgIpc) is 3.30. The molecular formula is C54H37N3. The molecule has 0 unspecified atom stereocenters. The van der Waals surface area contributed by atoms with Gasteiger partial charge in [0.1, 0.15) is 0 Å². The van der Waals surface area contributed by atoms with Gasteiger partial charge in [0.15, 0.2) is 5.82 Å². The number of rotatable bonds is 8. The molecule has 0 saturated heterocycles. The fraction of sp³-hybridized carbons (Fsp3) is 0. The summed E-state index contributed by atoms with van der Waals surface area (Å²) in [4.78, 5) is 12.6. The van der Waals surface area contributed by atoms with Crippen molar-refractivity contribution in [3.8, 4) is 56.2 Å². The van der Waals surface area contributed by atoms with E-state index >= 15 is 0 Å².